The first kappa shape index (κ1) is 75.8. The van der Waals surface area contributed by atoms with E-state index in [-0.39, 0.29) is 31.1 Å². The average molecular weight is 1110 g/mol. The summed E-state index contributed by atoms with van der Waals surface area (Å²) >= 11 is 0. The normalized spacial score (nSPS) is 12.9. The topological polar surface area (TPSA) is 78.9 Å². The molecular weight excluding hydrogens is 985 g/mol. The first-order valence-electron chi connectivity index (χ1n) is 33.5. The lowest BCUT2D eigenvalue weighted by Gasteiger charge is -2.18. The minimum Gasteiger partial charge on any atom is -0.462 e. The molecule has 0 rings (SSSR count). The molecular formula is C74H124O6. The summed E-state index contributed by atoms with van der Waals surface area (Å²) in [5.74, 6) is -0.907. The van der Waals surface area contributed by atoms with E-state index in [2.05, 4.69) is 142 Å². The van der Waals surface area contributed by atoms with Gasteiger partial charge in [-0.1, -0.05) is 284 Å². The Kier molecular flexibility index (Phi) is 63.8. The van der Waals surface area contributed by atoms with Crippen LogP contribution in [0.4, 0.5) is 0 Å². The van der Waals surface area contributed by atoms with E-state index in [1.54, 1.807) is 0 Å². The second-order valence-electron chi connectivity index (χ2n) is 22.0. The minimum absolute atomic E-state index is 0.0879. The van der Waals surface area contributed by atoms with Gasteiger partial charge in [-0.25, -0.2) is 0 Å². The quantitative estimate of drug-likeness (QED) is 0.0261. The van der Waals surface area contributed by atoms with Crippen LogP contribution in [-0.2, 0) is 28.6 Å². The molecule has 0 aromatic carbocycles. The lowest BCUT2D eigenvalue weighted by molar-refractivity contribution is -0.167. The van der Waals surface area contributed by atoms with E-state index >= 15 is 0 Å². The fraction of sp³-hybridized carbons (Fsp3) is 0.689. The van der Waals surface area contributed by atoms with E-state index in [0.717, 1.165) is 141 Å². The van der Waals surface area contributed by atoms with Crippen molar-refractivity contribution in [3.8, 4) is 0 Å². The van der Waals surface area contributed by atoms with Gasteiger partial charge in [0.05, 0.1) is 0 Å². The van der Waals surface area contributed by atoms with Gasteiger partial charge in [0.1, 0.15) is 13.2 Å². The van der Waals surface area contributed by atoms with Crippen molar-refractivity contribution in [1.82, 2.24) is 0 Å². The molecule has 0 fully saturated rings. The molecule has 0 aliphatic carbocycles. The molecule has 0 aromatic heterocycles. The molecule has 0 saturated carbocycles. The number of carbonyl (C=O) groups is 3. The maximum atomic E-state index is 12.9. The number of hydrogen-bond donors (Lipinski definition) is 0. The largest absolute Gasteiger partial charge is 0.462 e. The fourth-order valence-electron chi connectivity index (χ4n) is 9.22. The van der Waals surface area contributed by atoms with Crippen molar-refractivity contribution in [3.63, 3.8) is 0 Å². The first-order valence-corrected chi connectivity index (χ1v) is 33.5. The molecule has 0 aromatic rings. The van der Waals surface area contributed by atoms with Crippen molar-refractivity contribution in [1.29, 1.82) is 0 Å². The Labute approximate surface area is 494 Å². The maximum Gasteiger partial charge on any atom is 0.306 e. The van der Waals surface area contributed by atoms with E-state index < -0.39 is 6.10 Å². The van der Waals surface area contributed by atoms with Crippen LogP contribution >= 0.6 is 0 Å². The zero-order valence-corrected chi connectivity index (χ0v) is 52.3. The predicted octanol–water partition coefficient (Wildman–Crippen LogP) is 23.2. The van der Waals surface area contributed by atoms with Crippen molar-refractivity contribution in [2.24, 2.45) is 0 Å². The van der Waals surface area contributed by atoms with Crippen LogP contribution in [0, 0.1) is 0 Å². The van der Waals surface area contributed by atoms with Crippen molar-refractivity contribution in [2.45, 2.75) is 316 Å². The number of ether oxygens (including phenoxy) is 3. The minimum atomic E-state index is -0.793. The van der Waals surface area contributed by atoms with Gasteiger partial charge in [-0.3, -0.25) is 14.4 Å². The monoisotopic (exact) mass is 1110 g/mol. The molecule has 1 atom stereocenters. The molecule has 456 valence electrons. The van der Waals surface area contributed by atoms with E-state index in [1.165, 1.54) is 128 Å². The van der Waals surface area contributed by atoms with Crippen LogP contribution in [0.2, 0.25) is 0 Å². The van der Waals surface area contributed by atoms with Crippen LogP contribution in [0.25, 0.3) is 0 Å². The van der Waals surface area contributed by atoms with Crippen LogP contribution in [-0.4, -0.2) is 37.2 Å². The van der Waals surface area contributed by atoms with Gasteiger partial charge < -0.3 is 14.2 Å². The zero-order chi connectivity index (χ0) is 57.8. The second kappa shape index (κ2) is 67.3. The maximum absolute atomic E-state index is 12.9. The summed E-state index contributed by atoms with van der Waals surface area (Å²) in [5.41, 5.74) is 0. The first-order chi connectivity index (χ1) is 39.5. The third-order valence-electron chi connectivity index (χ3n) is 14.2. The van der Waals surface area contributed by atoms with Crippen molar-refractivity contribution < 1.29 is 28.6 Å². The number of hydrogen-bond acceptors (Lipinski definition) is 6. The molecule has 0 radical (unpaired) electrons. The Hall–Kier alpha value is -4.19. The van der Waals surface area contributed by atoms with E-state index in [9.17, 15) is 14.4 Å². The summed E-state index contributed by atoms with van der Waals surface area (Å²) in [6, 6.07) is 0. The molecule has 0 heterocycles. The molecule has 0 N–H and O–H groups in total. The van der Waals surface area contributed by atoms with E-state index in [1.807, 2.05) is 0 Å². The van der Waals surface area contributed by atoms with Crippen LogP contribution in [0.1, 0.15) is 310 Å². The number of carbonyl (C=O) groups excluding carboxylic acids is 3. The number of rotatable bonds is 60. The van der Waals surface area contributed by atoms with Crippen LogP contribution in [0.15, 0.2) is 122 Å². The molecule has 0 bridgehead atoms. The molecule has 0 aliphatic heterocycles. The summed E-state index contributed by atoms with van der Waals surface area (Å²) in [4.78, 5) is 38.3. The second-order valence-corrected chi connectivity index (χ2v) is 22.0. The summed E-state index contributed by atoms with van der Waals surface area (Å²) in [6.07, 6.45) is 93.6. The molecule has 0 saturated heterocycles. The highest BCUT2D eigenvalue weighted by Crippen LogP contribution is 2.16. The van der Waals surface area contributed by atoms with E-state index in [4.69, 9.17) is 14.2 Å². The lowest BCUT2D eigenvalue weighted by atomic mass is 10.0. The van der Waals surface area contributed by atoms with Crippen molar-refractivity contribution >= 4 is 17.9 Å². The summed E-state index contributed by atoms with van der Waals surface area (Å²) < 4.78 is 16.9. The molecule has 1 unspecified atom stereocenters. The molecule has 0 spiro atoms. The highest BCUT2D eigenvalue weighted by atomic mass is 16.6. The van der Waals surface area contributed by atoms with Gasteiger partial charge in [0.25, 0.3) is 0 Å². The predicted molar refractivity (Wildman–Crippen MR) is 348 cm³/mol. The summed E-state index contributed by atoms with van der Waals surface area (Å²) in [5, 5.41) is 0. The molecule has 6 nitrogen and oxygen atoms in total. The highest BCUT2D eigenvalue weighted by molar-refractivity contribution is 5.71. The number of allylic oxidation sites excluding steroid dienone is 20. The van der Waals surface area contributed by atoms with Gasteiger partial charge in [-0.2, -0.15) is 0 Å². The Bertz CT molecular complexity index is 1650. The van der Waals surface area contributed by atoms with Gasteiger partial charge in [0.2, 0.25) is 0 Å². The smallest absolute Gasteiger partial charge is 0.306 e. The lowest BCUT2D eigenvalue weighted by Crippen LogP contribution is -2.30. The van der Waals surface area contributed by atoms with Gasteiger partial charge in [-0.05, 0) is 128 Å². The van der Waals surface area contributed by atoms with Gasteiger partial charge >= 0.3 is 17.9 Å². The van der Waals surface area contributed by atoms with E-state index in [0.29, 0.717) is 19.3 Å². The summed E-state index contributed by atoms with van der Waals surface area (Å²) in [6.45, 7) is 6.40. The third kappa shape index (κ3) is 64.6. The van der Waals surface area contributed by atoms with Crippen LogP contribution in [0.5, 0.6) is 0 Å². The van der Waals surface area contributed by atoms with Crippen molar-refractivity contribution in [3.05, 3.63) is 122 Å². The zero-order valence-electron chi connectivity index (χ0n) is 52.3. The van der Waals surface area contributed by atoms with Crippen molar-refractivity contribution in [2.75, 3.05) is 13.2 Å². The molecule has 0 aliphatic rings. The third-order valence-corrected chi connectivity index (χ3v) is 14.2. The molecule has 80 heavy (non-hydrogen) atoms. The molecule has 0 amide bonds. The van der Waals surface area contributed by atoms with Crippen LogP contribution in [0.3, 0.4) is 0 Å². The fourth-order valence-corrected chi connectivity index (χ4v) is 9.22. The van der Waals surface area contributed by atoms with Crippen LogP contribution < -0.4 is 0 Å². The number of unbranched alkanes of at least 4 members (excludes halogenated alkanes) is 29. The standard InChI is InChI=1S/C74H124O6/c1-4-7-10-13-16-19-22-25-28-29-30-31-32-33-34-35-36-37-38-39-40-41-42-43-44-45-47-49-52-55-58-61-64-67-73(76)79-70-71(69-78-72(75)66-63-60-57-54-51-48-27-24-21-18-15-12-9-6-3)80-74(77)68-65-62-59-56-53-50-46-26-23-20-17-14-11-8-5-2/h7-8,10-11,16-17,19-20,24-28,30-31,33-34,36-37,46,71H,4-6,9,12-15,18,21-23,29,32,35,38-45,47-70H2,1-3H3/b10-7-,11-8-,19-16-,20-17-,27-24-,28-25-,31-30-,34-33-,37-36-,46-26-. The highest BCUT2D eigenvalue weighted by Gasteiger charge is 2.19. The Balaban J connectivity index is 4.22. The average Bonchev–Trinajstić information content (AvgIpc) is 3.46. The Morgan fingerprint density at radius 1 is 0.263 bits per heavy atom. The van der Waals surface area contributed by atoms with Gasteiger partial charge in [0.15, 0.2) is 6.10 Å². The van der Waals surface area contributed by atoms with Gasteiger partial charge in [-0.15, -0.1) is 0 Å². The Morgan fingerprint density at radius 2 is 0.487 bits per heavy atom. The SMILES string of the molecule is CC/C=C\C/C=C\C/C=C\C/C=C\C/C=C\C/C=C\CCCCCCCCCCCCCCCCC(=O)OCC(COC(=O)CCCCCCC/C=C\CCCCCCC)OC(=O)CCCCCCC/C=C\C/C=C\C/C=C\CC. The Morgan fingerprint density at radius 3 is 0.775 bits per heavy atom. The molecule has 6 heteroatoms. The summed E-state index contributed by atoms with van der Waals surface area (Å²) in [7, 11) is 0. The van der Waals surface area contributed by atoms with Gasteiger partial charge in [0, 0.05) is 19.3 Å². The number of esters is 3.